The molecule has 0 aromatic carbocycles. The van der Waals surface area contributed by atoms with E-state index in [1.165, 1.54) is 10.8 Å². The van der Waals surface area contributed by atoms with Crippen molar-refractivity contribution < 1.29 is 14.9 Å². The molecule has 1 saturated heterocycles. The van der Waals surface area contributed by atoms with E-state index in [0.717, 1.165) is 0 Å². The lowest BCUT2D eigenvalue weighted by Crippen LogP contribution is -2.27. The van der Waals surface area contributed by atoms with Gasteiger partial charge in [-0.1, -0.05) is 0 Å². The number of rotatable bonds is 2. The van der Waals surface area contributed by atoms with E-state index < -0.39 is 24.1 Å². The highest BCUT2D eigenvalue weighted by atomic mass is 16.5. The Morgan fingerprint density at radius 1 is 1.67 bits per heavy atom. The molecule has 15 heavy (non-hydrogen) atoms. The SMILES string of the molecule is O=c1ncccn1C1C[C@H](O)[C@@H](CO)O1. The lowest BCUT2D eigenvalue weighted by molar-refractivity contribution is -0.0458. The molecule has 1 aliphatic heterocycles. The minimum atomic E-state index is -0.743. The van der Waals surface area contributed by atoms with E-state index in [0.29, 0.717) is 0 Å². The Bertz CT molecular complexity index is 392. The maximum absolute atomic E-state index is 11.3. The van der Waals surface area contributed by atoms with Crippen LogP contribution in [0.3, 0.4) is 0 Å². The van der Waals surface area contributed by atoms with Crippen LogP contribution in [0.1, 0.15) is 12.6 Å². The van der Waals surface area contributed by atoms with Crippen LogP contribution in [0.25, 0.3) is 0 Å². The molecule has 82 valence electrons. The van der Waals surface area contributed by atoms with Crippen molar-refractivity contribution in [3.05, 3.63) is 28.9 Å². The van der Waals surface area contributed by atoms with Gasteiger partial charge in [0, 0.05) is 18.8 Å². The Hall–Kier alpha value is -1.24. The van der Waals surface area contributed by atoms with Crippen LogP contribution in [0.2, 0.25) is 0 Å². The molecule has 6 heteroatoms. The van der Waals surface area contributed by atoms with Gasteiger partial charge in [-0.3, -0.25) is 4.57 Å². The molecule has 0 bridgehead atoms. The van der Waals surface area contributed by atoms with Gasteiger partial charge in [0.25, 0.3) is 0 Å². The van der Waals surface area contributed by atoms with E-state index >= 15 is 0 Å². The van der Waals surface area contributed by atoms with Gasteiger partial charge < -0.3 is 14.9 Å². The van der Waals surface area contributed by atoms with Gasteiger partial charge in [-0.25, -0.2) is 9.78 Å². The van der Waals surface area contributed by atoms with Gasteiger partial charge in [-0.2, -0.15) is 0 Å². The molecule has 0 saturated carbocycles. The molecule has 1 aromatic heterocycles. The third-order valence-corrected chi connectivity index (χ3v) is 2.43. The van der Waals surface area contributed by atoms with Gasteiger partial charge >= 0.3 is 5.69 Å². The van der Waals surface area contributed by atoms with Gasteiger partial charge in [0.15, 0.2) is 0 Å². The third kappa shape index (κ3) is 1.92. The zero-order valence-corrected chi connectivity index (χ0v) is 7.98. The van der Waals surface area contributed by atoms with Gasteiger partial charge in [0.1, 0.15) is 12.3 Å². The van der Waals surface area contributed by atoms with Crippen LogP contribution >= 0.6 is 0 Å². The summed E-state index contributed by atoms with van der Waals surface area (Å²) in [6, 6.07) is 1.61. The van der Waals surface area contributed by atoms with E-state index in [9.17, 15) is 9.90 Å². The van der Waals surface area contributed by atoms with Crippen molar-refractivity contribution in [2.45, 2.75) is 24.9 Å². The van der Waals surface area contributed by atoms with Crippen LogP contribution in [0.15, 0.2) is 23.3 Å². The van der Waals surface area contributed by atoms with Crippen molar-refractivity contribution in [1.82, 2.24) is 9.55 Å². The molecule has 0 aliphatic carbocycles. The van der Waals surface area contributed by atoms with Crippen LogP contribution in [0, 0.1) is 0 Å². The molecular formula is C9H12N2O4. The third-order valence-electron chi connectivity index (χ3n) is 2.43. The first-order valence-electron chi connectivity index (χ1n) is 4.70. The Morgan fingerprint density at radius 3 is 3.07 bits per heavy atom. The molecule has 6 nitrogen and oxygen atoms in total. The number of hydrogen-bond acceptors (Lipinski definition) is 5. The Balaban J connectivity index is 2.21. The second-order valence-corrected chi connectivity index (χ2v) is 3.42. The number of aromatic nitrogens is 2. The summed E-state index contributed by atoms with van der Waals surface area (Å²) in [4.78, 5) is 14.9. The highest BCUT2D eigenvalue weighted by Crippen LogP contribution is 2.26. The minimum Gasteiger partial charge on any atom is -0.394 e. The molecule has 0 radical (unpaired) electrons. The first-order chi connectivity index (χ1) is 7.22. The maximum Gasteiger partial charge on any atom is 0.349 e. The van der Waals surface area contributed by atoms with Gasteiger partial charge in [-0.15, -0.1) is 0 Å². The van der Waals surface area contributed by atoms with Crippen molar-refractivity contribution in [2.24, 2.45) is 0 Å². The van der Waals surface area contributed by atoms with Crippen LogP contribution in [-0.4, -0.2) is 38.6 Å². The fraction of sp³-hybridized carbons (Fsp3) is 0.556. The summed E-state index contributed by atoms with van der Waals surface area (Å²) in [5, 5.41) is 18.4. The topological polar surface area (TPSA) is 84.6 Å². The molecule has 0 spiro atoms. The Labute approximate surface area is 85.8 Å². The second-order valence-electron chi connectivity index (χ2n) is 3.42. The Morgan fingerprint density at radius 2 is 2.47 bits per heavy atom. The molecule has 1 unspecified atom stereocenters. The normalized spacial score (nSPS) is 30.7. The molecule has 1 aliphatic rings. The van der Waals surface area contributed by atoms with Gasteiger partial charge in [0.05, 0.1) is 12.7 Å². The molecule has 2 rings (SSSR count). The first kappa shape index (κ1) is 10.3. The largest absolute Gasteiger partial charge is 0.394 e. The summed E-state index contributed by atoms with van der Waals surface area (Å²) in [6.45, 7) is -0.257. The monoisotopic (exact) mass is 212 g/mol. The average molecular weight is 212 g/mol. The van der Waals surface area contributed by atoms with Gasteiger partial charge in [0.2, 0.25) is 0 Å². The van der Waals surface area contributed by atoms with Crippen molar-refractivity contribution in [1.29, 1.82) is 0 Å². The fourth-order valence-electron chi connectivity index (χ4n) is 1.64. The van der Waals surface area contributed by atoms with Crippen molar-refractivity contribution in [2.75, 3.05) is 6.61 Å². The predicted molar refractivity (Wildman–Crippen MR) is 50.1 cm³/mol. The number of nitrogens with zero attached hydrogens (tertiary/aromatic N) is 2. The summed E-state index contributed by atoms with van der Waals surface area (Å²) in [7, 11) is 0. The van der Waals surface area contributed by atoms with Crippen LogP contribution in [-0.2, 0) is 4.74 Å². The van der Waals surface area contributed by atoms with Crippen molar-refractivity contribution in [3.63, 3.8) is 0 Å². The summed E-state index contributed by atoms with van der Waals surface area (Å²) in [5.41, 5.74) is -0.423. The zero-order valence-electron chi connectivity index (χ0n) is 7.98. The number of aliphatic hydroxyl groups is 2. The Kier molecular flexibility index (Phi) is 2.81. The number of hydrogen-bond donors (Lipinski definition) is 2. The second kappa shape index (κ2) is 4.09. The van der Waals surface area contributed by atoms with Crippen LogP contribution < -0.4 is 5.69 Å². The zero-order chi connectivity index (χ0) is 10.8. The highest BCUT2D eigenvalue weighted by Gasteiger charge is 2.34. The molecule has 1 aromatic rings. The van der Waals surface area contributed by atoms with Crippen LogP contribution in [0.4, 0.5) is 0 Å². The van der Waals surface area contributed by atoms with E-state index in [1.807, 2.05) is 0 Å². The predicted octanol–water partition coefficient (Wildman–Crippen LogP) is -1.12. The fourth-order valence-corrected chi connectivity index (χ4v) is 1.64. The maximum atomic E-state index is 11.3. The smallest absolute Gasteiger partial charge is 0.349 e. The number of aliphatic hydroxyl groups excluding tert-OH is 2. The van der Waals surface area contributed by atoms with E-state index in [4.69, 9.17) is 9.84 Å². The first-order valence-corrected chi connectivity index (χ1v) is 4.70. The molecule has 1 fully saturated rings. The minimum absolute atomic E-state index is 0.257. The summed E-state index contributed by atoms with van der Waals surface area (Å²) in [5.74, 6) is 0. The summed E-state index contributed by atoms with van der Waals surface area (Å²) in [6.07, 6.45) is 1.32. The van der Waals surface area contributed by atoms with E-state index in [1.54, 1.807) is 12.3 Å². The van der Waals surface area contributed by atoms with Gasteiger partial charge in [-0.05, 0) is 6.07 Å². The van der Waals surface area contributed by atoms with E-state index in [-0.39, 0.29) is 13.0 Å². The quantitative estimate of drug-likeness (QED) is 0.649. The molecular weight excluding hydrogens is 200 g/mol. The number of ether oxygens (including phenoxy) is 1. The molecule has 2 N–H and O–H groups in total. The highest BCUT2D eigenvalue weighted by molar-refractivity contribution is 4.87. The van der Waals surface area contributed by atoms with E-state index in [2.05, 4.69) is 4.98 Å². The standard InChI is InChI=1S/C9H12N2O4/c12-5-7-6(13)4-8(15-7)11-3-1-2-10-9(11)14/h1-3,6-8,12-13H,4-5H2/t6-,7+,8?/m0/s1. The average Bonchev–Trinajstić information content (AvgIpc) is 2.60. The van der Waals surface area contributed by atoms with Crippen molar-refractivity contribution >= 4 is 0 Å². The summed E-state index contributed by atoms with van der Waals surface area (Å²) >= 11 is 0. The molecule has 0 amide bonds. The summed E-state index contributed by atoms with van der Waals surface area (Å²) < 4.78 is 6.62. The van der Waals surface area contributed by atoms with Crippen LogP contribution in [0.5, 0.6) is 0 Å². The lowest BCUT2D eigenvalue weighted by atomic mass is 10.2. The van der Waals surface area contributed by atoms with Crippen molar-refractivity contribution in [3.8, 4) is 0 Å². The molecule has 3 atom stereocenters. The molecule has 2 heterocycles. The lowest BCUT2D eigenvalue weighted by Gasteiger charge is -2.13.